The summed E-state index contributed by atoms with van der Waals surface area (Å²) in [6.45, 7) is 0.476. The minimum absolute atomic E-state index is 0.476. The lowest BCUT2D eigenvalue weighted by molar-refractivity contribution is 0.284. The number of hydrogen-bond acceptors (Lipinski definition) is 3. The Morgan fingerprint density at radius 1 is 1.18 bits per heavy atom. The Labute approximate surface area is 109 Å². The molecular weight excluding hydrogens is 282 g/mol. The smallest absolute Gasteiger partial charge is 0.161 e. The van der Waals surface area contributed by atoms with E-state index in [1.165, 1.54) is 0 Å². The third-order valence-corrected chi connectivity index (χ3v) is 3.02. The quantitative estimate of drug-likeness (QED) is 0.865. The van der Waals surface area contributed by atoms with Crippen molar-refractivity contribution in [1.82, 2.24) is 4.98 Å². The minimum atomic E-state index is 0.476. The lowest BCUT2D eigenvalue weighted by atomic mass is 10.3. The van der Waals surface area contributed by atoms with E-state index >= 15 is 0 Å². The van der Waals surface area contributed by atoms with Crippen LogP contribution in [0, 0.1) is 0 Å². The molecule has 1 aromatic heterocycles. The molecule has 88 valence electrons. The van der Waals surface area contributed by atoms with Gasteiger partial charge in [-0.05, 0) is 34.1 Å². The number of ether oxygens (including phenoxy) is 2. The third kappa shape index (κ3) is 2.97. The molecule has 2 aromatic rings. The van der Waals surface area contributed by atoms with Crippen LogP contribution in [0.25, 0.3) is 0 Å². The number of methoxy groups -OCH3 is 1. The molecule has 0 unspecified atom stereocenters. The highest BCUT2D eigenvalue weighted by molar-refractivity contribution is 9.10. The molecule has 0 radical (unpaired) electrons. The second-order valence-corrected chi connectivity index (χ2v) is 4.26. The van der Waals surface area contributed by atoms with Gasteiger partial charge in [-0.25, -0.2) is 0 Å². The van der Waals surface area contributed by atoms with Crippen molar-refractivity contribution in [2.75, 3.05) is 7.11 Å². The molecule has 0 aliphatic rings. The topological polar surface area (TPSA) is 31.4 Å². The number of halogens is 1. The van der Waals surface area contributed by atoms with Crippen LogP contribution in [-0.2, 0) is 6.61 Å². The molecule has 17 heavy (non-hydrogen) atoms. The molecule has 0 fully saturated rings. The third-order valence-electron chi connectivity index (χ3n) is 2.31. The van der Waals surface area contributed by atoms with Gasteiger partial charge in [0.05, 0.1) is 7.11 Å². The van der Waals surface area contributed by atoms with Gasteiger partial charge >= 0.3 is 0 Å². The summed E-state index contributed by atoms with van der Waals surface area (Å²) in [7, 11) is 1.63. The zero-order chi connectivity index (χ0) is 12.1. The molecule has 0 spiro atoms. The highest BCUT2D eigenvalue weighted by atomic mass is 79.9. The van der Waals surface area contributed by atoms with Gasteiger partial charge in [-0.3, -0.25) is 4.98 Å². The summed E-state index contributed by atoms with van der Waals surface area (Å²) in [5.74, 6) is 1.47. The maximum Gasteiger partial charge on any atom is 0.161 e. The molecule has 1 aromatic carbocycles. The Kier molecular flexibility index (Phi) is 3.98. The van der Waals surface area contributed by atoms with Crippen molar-refractivity contribution in [2.45, 2.75) is 6.61 Å². The predicted octanol–water partition coefficient (Wildman–Crippen LogP) is 3.43. The highest BCUT2D eigenvalue weighted by Gasteiger charge is 2.04. The van der Waals surface area contributed by atoms with Gasteiger partial charge in [0.25, 0.3) is 0 Å². The van der Waals surface area contributed by atoms with Crippen LogP contribution in [-0.4, -0.2) is 12.1 Å². The number of benzene rings is 1. The van der Waals surface area contributed by atoms with Crippen LogP contribution in [0.15, 0.2) is 47.2 Å². The number of nitrogens with zero attached hydrogens (tertiary/aromatic N) is 1. The molecule has 0 saturated carbocycles. The van der Waals surface area contributed by atoms with Crippen molar-refractivity contribution in [2.24, 2.45) is 0 Å². The predicted molar refractivity (Wildman–Crippen MR) is 69.3 cm³/mol. The fraction of sp³-hybridized carbons (Fsp3) is 0.154. The molecule has 4 heteroatoms. The van der Waals surface area contributed by atoms with Crippen LogP contribution in [0.3, 0.4) is 0 Å². The second-order valence-electron chi connectivity index (χ2n) is 3.41. The summed E-state index contributed by atoms with van der Waals surface area (Å²) in [6, 6.07) is 9.50. The van der Waals surface area contributed by atoms with Crippen molar-refractivity contribution >= 4 is 15.9 Å². The first-order valence-corrected chi connectivity index (χ1v) is 5.95. The summed E-state index contributed by atoms with van der Waals surface area (Å²) in [4.78, 5) is 4.01. The number of aromatic nitrogens is 1. The Hall–Kier alpha value is -1.55. The number of para-hydroxylation sites is 2. The lowest BCUT2D eigenvalue weighted by Gasteiger charge is -2.10. The van der Waals surface area contributed by atoms with E-state index in [0.717, 1.165) is 21.5 Å². The van der Waals surface area contributed by atoms with Gasteiger partial charge in [0.15, 0.2) is 11.5 Å². The first-order valence-electron chi connectivity index (χ1n) is 5.15. The molecule has 1 heterocycles. The molecule has 0 saturated heterocycles. The molecule has 0 aliphatic heterocycles. The van der Waals surface area contributed by atoms with Crippen LogP contribution >= 0.6 is 15.9 Å². The molecule has 0 aliphatic carbocycles. The average Bonchev–Trinajstić information content (AvgIpc) is 2.38. The summed E-state index contributed by atoms with van der Waals surface area (Å²) >= 11 is 3.43. The average molecular weight is 294 g/mol. The Morgan fingerprint density at radius 2 is 1.94 bits per heavy atom. The van der Waals surface area contributed by atoms with Crippen LogP contribution in [0.5, 0.6) is 11.5 Å². The van der Waals surface area contributed by atoms with Crippen LogP contribution < -0.4 is 9.47 Å². The Morgan fingerprint density at radius 3 is 2.65 bits per heavy atom. The van der Waals surface area contributed by atoms with Crippen molar-refractivity contribution < 1.29 is 9.47 Å². The van der Waals surface area contributed by atoms with Gasteiger partial charge < -0.3 is 9.47 Å². The summed E-state index contributed by atoms with van der Waals surface area (Å²) in [6.07, 6.45) is 3.49. The molecule has 0 amide bonds. The first kappa shape index (κ1) is 11.9. The number of pyridine rings is 1. The van der Waals surface area contributed by atoms with Crippen molar-refractivity contribution in [3.05, 3.63) is 52.8 Å². The molecular formula is C13H12BrNO2. The minimum Gasteiger partial charge on any atom is -0.493 e. The van der Waals surface area contributed by atoms with Crippen LogP contribution in [0.1, 0.15) is 5.56 Å². The number of hydrogen-bond donors (Lipinski definition) is 0. The summed E-state index contributed by atoms with van der Waals surface area (Å²) in [5, 5.41) is 0. The monoisotopic (exact) mass is 293 g/mol. The van der Waals surface area contributed by atoms with Gasteiger partial charge in [0.1, 0.15) is 6.61 Å². The zero-order valence-corrected chi connectivity index (χ0v) is 11.0. The maximum absolute atomic E-state index is 5.71. The van der Waals surface area contributed by atoms with E-state index in [-0.39, 0.29) is 0 Å². The Balaban J connectivity index is 2.10. The van der Waals surface area contributed by atoms with Crippen molar-refractivity contribution in [1.29, 1.82) is 0 Å². The van der Waals surface area contributed by atoms with E-state index in [1.807, 2.05) is 30.3 Å². The highest BCUT2D eigenvalue weighted by Crippen LogP contribution is 2.27. The van der Waals surface area contributed by atoms with Gasteiger partial charge in [-0.2, -0.15) is 0 Å². The number of rotatable bonds is 4. The molecule has 3 nitrogen and oxygen atoms in total. The van der Waals surface area contributed by atoms with Gasteiger partial charge in [-0.1, -0.05) is 12.1 Å². The van der Waals surface area contributed by atoms with E-state index < -0.39 is 0 Å². The van der Waals surface area contributed by atoms with Crippen LogP contribution in [0.2, 0.25) is 0 Å². The molecule has 2 rings (SSSR count). The lowest BCUT2D eigenvalue weighted by Crippen LogP contribution is -1.98. The normalized spacial score (nSPS) is 10.0. The van der Waals surface area contributed by atoms with E-state index in [9.17, 15) is 0 Å². The van der Waals surface area contributed by atoms with Crippen molar-refractivity contribution in [3.63, 3.8) is 0 Å². The summed E-state index contributed by atoms with van der Waals surface area (Å²) < 4.78 is 11.9. The Bertz CT molecular complexity index is 502. The maximum atomic E-state index is 5.71. The standard InChI is InChI=1S/C13H12BrNO2/c1-16-12-4-2-3-5-13(12)17-9-10-6-7-15-8-11(10)14/h2-8H,9H2,1H3. The van der Waals surface area contributed by atoms with E-state index in [2.05, 4.69) is 20.9 Å². The van der Waals surface area contributed by atoms with Gasteiger partial charge in [-0.15, -0.1) is 0 Å². The second kappa shape index (κ2) is 5.68. The van der Waals surface area contributed by atoms with E-state index in [4.69, 9.17) is 9.47 Å². The van der Waals surface area contributed by atoms with Gasteiger partial charge in [0.2, 0.25) is 0 Å². The fourth-order valence-corrected chi connectivity index (χ4v) is 1.78. The largest absolute Gasteiger partial charge is 0.493 e. The molecule has 0 bridgehead atoms. The fourth-order valence-electron chi connectivity index (χ4n) is 1.41. The molecule has 0 N–H and O–H groups in total. The SMILES string of the molecule is COc1ccccc1OCc1ccncc1Br. The van der Waals surface area contributed by atoms with E-state index in [0.29, 0.717) is 6.61 Å². The van der Waals surface area contributed by atoms with Crippen LogP contribution in [0.4, 0.5) is 0 Å². The first-order chi connectivity index (χ1) is 8.31. The summed E-state index contributed by atoms with van der Waals surface area (Å²) in [5.41, 5.74) is 1.05. The van der Waals surface area contributed by atoms with E-state index in [1.54, 1.807) is 19.5 Å². The molecule has 0 atom stereocenters. The van der Waals surface area contributed by atoms with Crippen molar-refractivity contribution in [3.8, 4) is 11.5 Å². The zero-order valence-electron chi connectivity index (χ0n) is 9.39. The van der Waals surface area contributed by atoms with Gasteiger partial charge in [0, 0.05) is 22.4 Å².